The molecule has 0 bridgehead atoms. The fraction of sp³-hybridized carbons (Fsp3) is 0.205. The highest BCUT2D eigenvalue weighted by molar-refractivity contribution is 5.94. The molecule has 0 spiro atoms. The van der Waals surface area contributed by atoms with Gasteiger partial charge in [0.15, 0.2) is 18.4 Å². The van der Waals surface area contributed by atoms with E-state index < -0.39 is 60.5 Å². The van der Waals surface area contributed by atoms with Crippen LogP contribution in [0, 0.1) is 6.92 Å². The van der Waals surface area contributed by atoms with Gasteiger partial charge in [0.05, 0.1) is 28.8 Å². The number of fused-ring (bicyclic) bond motifs is 1. The van der Waals surface area contributed by atoms with Crippen LogP contribution < -0.4 is 5.43 Å². The number of aromatic nitrogens is 1. The Balaban J connectivity index is 1.48. The molecule has 2 heterocycles. The molecule has 50 heavy (non-hydrogen) atoms. The van der Waals surface area contributed by atoms with Gasteiger partial charge >= 0.3 is 23.9 Å². The number of pyridine rings is 1. The van der Waals surface area contributed by atoms with Crippen LogP contribution in [0.4, 0.5) is 0 Å². The van der Waals surface area contributed by atoms with Crippen LogP contribution in [0.5, 0.6) is 0 Å². The maximum atomic E-state index is 13.6. The van der Waals surface area contributed by atoms with Gasteiger partial charge in [-0.3, -0.25) is 4.79 Å². The van der Waals surface area contributed by atoms with Gasteiger partial charge in [-0.15, -0.1) is 0 Å². The van der Waals surface area contributed by atoms with Crippen molar-refractivity contribution >= 4 is 34.8 Å². The second-order valence-electron chi connectivity index (χ2n) is 11.5. The number of aryl methyl sites for hydroxylation is 1. The van der Waals surface area contributed by atoms with Gasteiger partial charge in [-0.1, -0.05) is 60.7 Å². The number of hydrogen-bond donors (Lipinski definition) is 0. The summed E-state index contributed by atoms with van der Waals surface area (Å²) in [4.78, 5) is 66.8. The summed E-state index contributed by atoms with van der Waals surface area (Å²) < 4.78 is 30.9. The maximum absolute atomic E-state index is 13.6. The van der Waals surface area contributed by atoms with Crippen LogP contribution in [-0.4, -0.2) is 60.0 Å². The van der Waals surface area contributed by atoms with Crippen LogP contribution in [0.2, 0.25) is 0 Å². The molecule has 0 radical (unpaired) electrons. The van der Waals surface area contributed by atoms with Crippen molar-refractivity contribution in [2.24, 2.45) is 0 Å². The molecule has 0 saturated carbocycles. The van der Waals surface area contributed by atoms with Crippen LogP contribution in [0.25, 0.3) is 10.9 Å². The zero-order chi connectivity index (χ0) is 35.2. The standard InChI is InChI=1S/C39H33NO10/c1-3-46-39(45)29-22-40(30-21-24(2)19-20-28(30)32(29)41)35-34(50-38(44)27-17-11-6-12-18-27)33(49-37(43)26-15-9-5-10-16-26)31(48-35)23-47-36(42)25-13-7-4-8-14-25/h4-22,31,33-35H,3,23H2,1-2H3/t31-,33-,34-,35-/m1/s1. The molecule has 1 aliphatic rings. The lowest BCUT2D eigenvalue weighted by Crippen LogP contribution is -2.41. The number of benzene rings is 4. The third-order valence-corrected chi connectivity index (χ3v) is 8.14. The van der Waals surface area contributed by atoms with Gasteiger partial charge in [-0.05, 0) is 67.9 Å². The Hall–Kier alpha value is -6.07. The first-order valence-electron chi connectivity index (χ1n) is 16.0. The van der Waals surface area contributed by atoms with E-state index in [1.54, 1.807) is 116 Å². The Morgan fingerprint density at radius 1 is 0.680 bits per heavy atom. The highest BCUT2D eigenvalue weighted by Crippen LogP contribution is 2.37. The molecule has 11 heteroatoms. The number of rotatable bonds is 10. The highest BCUT2D eigenvalue weighted by atomic mass is 16.7. The number of carbonyl (C=O) groups excluding carboxylic acids is 4. The van der Waals surface area contributed by atoms with Crippen LogP contribution in [0.15, 0.2) is 120 Å². The summed E-state index contributed by atoms with van der Waals surface area (Å²) in [6.07, 6.45) is -3.86. The average Bonchev–Trinajstić information content (AvgIpc) is 3.47. The first-order valence-corrected chi connectivity index (χ1v) is 16.0. The molecule has 11 nitrogen and oxygen atoms in total. The van der Waals surface area contributed by atoms with Gasteiger partial charge in [0.25, 0.3) is 0 Å². The molecule has 0 N–H and O–H groups in total. The zero-order valence-corrected chi connectivity index (χ0v) is 27.2. The zero-order valence-electron chi connectivity index (χ0n) is 27.2. The second kappa shape index (κ2) is 15.0. The molecule has 0 unspecified atom stereocenters. The van der Waals surface area contributed by atoms with E-state index in [0.717, 1.165) is 5.56 Å². The van der Waals surface area contributed by atoms with E-state index >= 15 is 0 Å². The Morgan fingerprint density at radius 3 is 1.78 bits per heavy atom. The van der Waals surface area contributed by atoms with Gasteiger partial charge in [-0.25, -0.2) is 19.2 Å². The van der Waals surface area contributed by atoms with Gasteiger partial charge in [0, 0.05) is 11.6 Å². The number of esters is 4. The normalized spacial score (nSPS) is 18.3. The fourth-order valence-electron chi connectivity index (χ4n) is 5.71. The number of hydrogen-bond acceptors (Lipinski definition) is 10. The SMILES string of the molecule is CCOC(=O)c1cn([C@@H]2O[C@H](COC(=O)c3ccccc3)[C@@H](OC(=O)c3ccccc3)[C@H]2OC(=O)c2ccccc2)c2cc(C)ccc2c1=O. The number of carbonyl (C=O) groups is 4. The topological polar surface area (TPSA) is 136 Å². The van der Waals surface area contributed by atoms with Gasteiger partial charge in [0.1, 0.15) is 18.3 Å². The third kappa shape index (κ3) is 7.18. The Kier molecular flexibility index (Phi) is 10.1. The van der Waals surface area contributed by atoms with Crippen molar-refractivity contribution in [3.63, 3.8) is 0 Å². The lowest BCUT2D eigenvalue weighted by molar-refractivity contribution is -0.0605. The van der Waals surface area contributed by atoms with E-state index in [2.05, 4.69) is 0 Å². The fourth-order valence-corrected chi connectivity index (χ4v) is 5.71. The van der Waals surface area contributed by atoms with E-state index in [9.17, 15) is 24.0 Å². The summed E-state index contributed by atoms with van der Waals surface area (Å²) in [6.45, 7) is 3.06. The summed E-state index contributed by atoms with van der Waals surface area (Å²) in [5, 5.41) is 0.176. The summed E-state index contributed by atoms with van der Waals surface area (Å²) in [6, 6.07) is 29.7. The van der Waals surface area contributed by atoms with E-state index in [4.69, 9.17) is 23.7 Å². The molecule has 1 saturated heterocycles. The highest BCUT2D eigenvalue weighted by Gasteiger charge is 2.51. The van der Waals surface area contributed by atoms with Crippen LogP contribution in [0.3, 0.4) is 0 Å². The molecule has 5 aromatic rings. The van der Waals surface area contributed by atoms with Crippen LogP contribution in [0.1, 0.15) is 60.1 Å². The Labute approximate surface area is 286 Å². The van der Waals surface area contributed by atoms with Crippen LogP contribution in [-0.2, 0) is 23.7 Å². The molecule has 6 rings (SSSR count). The summed E-state index contributed by atoms with van der Waals surface area (Å²) in [5.41, 5.74) is 1.01. The maximum Gasteiger partial charge on any atom is 0.343 e. The number of nitrogens with zero attached hydrogens (tertiary/aromatic N) is 1. The first-order chi connectivity index (χ1) is 24.2. The minimum Gasteiger partial charge on any atom is -0.462 e. The van der Waals surface area contributed by atoms with Gasteiger partial charge in [0.2, 0.25) is 5.43 Å². The summed E-state index contributed by atoms with van der Waals surface area (Å²) >= 11 is 0. The molecule has 0 aliphatic carbocycles. The molecule has 1 aromatic heterocycles. The summed E-state index contributed by atoms with van der Waals surface area (Å²) in [5.74, 6) is -3.01. The van der Waals surface area contributed by atoms with Crippen molar-refractivity contribution in [3.05, 3.63) is 153 Å². The van der Waals surface area contributed by atoms with Crippen molar-refractivity contribution in [1.82, 2.24) is 4.57 Å². The Bertz CT molecular complexity index is 2080. The molecule has 0 amide bonds. The second-order valence-corrected chi connectivity index (χ2v) is 11.5. The monoisotopic (exact) mass is 675 g/mol. The quantitative estimate of drug-likeness (QED) is 0.134. The smallest absolute Gasteiger partial charge is 0.343 e. The lowest BCUT2D eigenvalue weighted by atomic mass is 10.1. The van der Waals surface area contributed by atoms with Crippen molar-refractivity contribution in [2.75, 3.05) is 13.2 Å². The van der Waals surface area contributed by atoms with Crippen molar-refractivity contribution in [3.8, 4) is 0 Å². The predicted octanol–water partition coefficient (Wildman–Crippen LogP) is 5.69. The molecular weight excluding hydrogens is 642 g/mol. The Morgan fingerprint density at radius 2 is 1.22 bits per heavy atom. The first kappa shape index (κ1) is 33.8. The molecule has 254 valence electrons. The summed E-state index contributed by atoms with van der Waals surface area (Å²) in [7, 11) is 0. The van der Waals surface area contributed by atoms with E-state index in [0.29, 0.717) is 5.52 Å². The minimum atomic E-state index is -1.36. The third-order valence-electron chi connectivity index (χ3n) is 8.14. The minimum absolute atomic E-state index is 0.0216. The molecule has 4 aromatic carbocycles. The number of ether oxygens (including phenoxy) is 5. The van der Waals surface area contributed by atoms with Crippen molar-refractivity contribution in [1.29, 1.82) is 0 Å². The van der Waals surface area contributed by atoms with Gasteiger partial charge < -0.3 is 28.3 Å². The van der Waals surface area contributed by atoms with Crippen molar-refractivity contribution in [2.45, 2.75) is 38.4 Å². The molecular formula is C39H33NO10. The van der Waals surface area contributed by atoms with Gasteiger partial charge in [-0.2, -0.15) is 0 Å². The van der Waals surface area contributed by atoms with E-state index in [-0.39, 0.29) is 34.2 Å². The lowest BCUT2D eigenvalue weighted by Gasteiger charge is -2.26. The molecule has 4 atom stereocenters. The molecule has 1 fully saturated rings. The molecule has 1 aliphatic heterocycles. The largest absolute Gasteiger partial charge is 0.462 e. The van der Waals surface area contributed by atoms with Crippen molar-refractivity contribution < 1.29 is 42.9 Å². The van der Waals surface area contributed by atoms with E-state index in [1.807, 2.05) is 6.92 Å². The predicted molar refractivity (Wildman–Crippen MR) is 181 cm³/mol. The average molecular weight is 676 g/mol. The van der Waals surface area contributed by atoms with E-state index in [1.165, 1.54) is 10.8 Å². The van der Waals surface area contributed by atoms with Crippen LogP contribution >= 0.6 is 0 Å².